The third-order valence-electron chi connectivity index (χ3n) is 2.22. The highest BCUT2D eigenvalue weighted by atomic mass is 32.2. The Kier molecular flexibility index (Phi) is 2.46. The number of ether oxygens (including phenoxy) is 1. The third kappa shape index (κ3) is 1.50. The molecule has 0 bridgehead atoms. The number of aryl methyl sites for hydroxylation is 1. The maximum atomic E-state index is 11.4. The first-order valence-corrected chi connectivity index (χ1v) is 5.43. The van der Waals surface area contributed by atoms with E-state index < -0.39 is 0 Å². The number of fused-ring (bicyclic) bond motifs is 1. The number of nitrogens with zero attached hydrogens (tertiary/aromatic N) is 1. The third-order valence-corrected chi connectivity index (χ3v) is 3.45. The topological polar surface area (TPSA) is 39.2 Å². The Hall–Kier alpha value is -1.03. The van der Waals surface area contributed by atoms with Gasteiger partial charge in [0.1, 0.15) is 5.25 Å². The zero-order chi connectivity index (χ0) is 10.1. The summed E-state index contributed by atoms with van der Waals surface area (Å²) in [5.74, 6) is 0.648. The summed E-state index contributed by atoms with van der Waals surface area (Å²) in [7, 11) is 1.41. The van der Waals surface area contributed by atoms with E-state index in [0.29, 0.717) is 0 Å². The molecule has 1 aromatic heterocycles. The number of aromatic nitrogens is 1. The number of hydrogen-bond acceptors (Lipinski definition) is 4. The van der Waals surface area contributed by atoms with Crippen molar-refractivity contribution in [1.82, 2.24) is 4.98 Å². The number of methoxy groups -OCH3 is 1. The highest BCUT2D eigenvalue weighted by Gasteiger charge is 2.31. The molecule has 2 rings (SSSR count). The molecule has 14 heavy (non-hydrogen) atoms. The molecule has 0 saturated carbocycles. The lowest BCUT2D eigenvalue weighted by molar-refractivity contribution is -0.140. The minimum absolute atomic E-state index is 0.202. The molecular formula is C10H11NO2S. The van der Waals surface area contributed by atoms with Crippen LogP contribution in [0.25, 0.3) is 0 Å². The Bertz CT molecular complexity index is 378. The quantitative estimate of drug-likeness (QED) is 0.662. The Morgan fingerprint density at radius 3 is 3.14 bits per heavy atom. The standard InChI is InChI=1S/C10H11NO2S/c1-6-3-4-7-5-14-9(8(7)11-6)10(12)13-2/h3-4,9H,5H2,1-2H3. The van der Waals surface area contributed by atoms with Gasteiger partial charge < -0.3 is 4.74 Å². The fraction of sp³-hybridized carbons (Fsp3) is 0.400. The predicted molar refractivity (Wildman–Crippen MR) is 55.0 cm³/mol. The Morgan fingerprint density at radius 2 is 2.43 bits per heavy atom. The van der Waals surface area contributed by atoms with Crippen LogP contribution in [0.4, 0.5) is 0 Å². The largest absolute Gasteiger partial charge is 0.468 e. The highest BCUT2D eigenvalue weighted by molar-refractivity contribution is 7.99. The van der Waals surface area contributed by atoms with Crippen molar-refractivity contribution in [2.24, 2.45) is 0 Å². The van der Waals surface area contributed by atoms with Crippen molar-refractivity contribution in [2.75, 3.05) is 7.11 Å². The Morgan fingerprint density at radius 1 is 1.64 bits per heavy atom. The van der Waals surface area contributed by atoms with E-state index in [-0.39, 0.29) is 11.2 Å². The van der Waals surface area contributed by atoms with Gasteiger partial charge >= 0.3 is 5.97 Å². The fourth-order valence-corrected chi connectivity index (χ4v) is 2.68. The molecule has 0 N–H and O–H groups in total. The van der Waals surface area contributed by atoms with Crippen LogP contribution < -0.4 is 0 Å². The minimum atomic E-state index is -0.227. The van der Waals surface area contributed by atoms with Gasteiger partial charge in [-0.1, -0.05) is 6.07 Å². The summed E-state index contributed by atoms with van der Waals surface area (Å²) in [5, 5.41) is -0.227. The molecule has 2 heterocycles. The van der Waals surface area contributed by atoms with Crippen LogP contribution >= 0.6 is 11.8 Å². The van der Waals surface area contributed by atoms with Crippen LogP contribution in [0.1, 0.15) is 22.2 Å². The van der Waals surface area contributed by atoms with E-state index in [2.05, 4.69) is 4.98 Å². The summed E-state index contributed by atoms with van der Waals surface area (Å²) in [6, 6.07) is 4.01. The fourth-order valence-electron chi connectivity index (χ4n) is 1.49. The van der Waals surface area contributed by atoms with Gasteiger partial charge in [-0.2, -0.15) is 0 Å². The summed E-state index contributed by atoms with van der Waals surface area (Å²) in [6.07, 6.45) is 0. The van der Waals surface area contributed by atoms with Gasteiger partial charge in [0.2, 0.25) is 0 Å². The van der Waals surface area contributed by atoms with Gasteiger partial charge in [-0.3, -0.25) is 9.78 Å². The zero-order valence-electron chi connectivity index (χ0n) is 8.11. The molecule has 1 aromatic rings. The van der Waals surface area contributed by atoms with Gasteiger partial charge in [-0.15, -0.1) is 11.8 Å². The molecule has 0 saturated heterocycles. The number of carbonyl (C=O) groups is 1. The van der Waals surface area contributed by atoms with E-state index in [1.54, 1.807) is 11.8 Å². The summed E-state index contributed by atoms with van der Waals surface area (Å²) in [6.45, 7) is 1.93. The van der Waals surface area contributed by atoms with Gasteiger partial charge in [0.05, 0.1) is 12.8 Å². The SMILES string of the molecule is COC(=O)C1SCc2ccc(C)nc21. The van der Waals surface area contributed by atoms with E-state index in [4.69, 9.17) is 4.74 Å². The number of thioether (sulfide) groups is 1. The molecule has 3 nitrogen and oxygen atoms in total. The summed E-state index contributed by atoms with van der Waals surface area (Å²) >= 11 is 1.58. The minimum Gasteiger partial charge on any atom is -0.468 e. The van der Waals surface area contributed by atoms with E-state index in [1.807, 2.05) is 19.1 Å². The number of carbonyl (C=O) groups excluding carboxylic acids is 1. The summed E-state index contributed by atoms with van der Waals surface area (Å²) < 4.78 is 4.73. The number of pyridine rings is 1. The first kappa shape index (κ1) is 9.52. The smallest absolute Gasteiger partial charge is 0.324 e. The normalized spacial score (nSPS) is 19.1. The molecular weight excluding hydrogens is 198 g/mol. The maximum absolute atomic E-state index is 11.4. The monoisotopic (exact) mass is 209 g/mol. The molecule has 1 unspecified atom stereocenters. The lowest BCUT2D eigenvalue weighted by Gasteiger charge is -2.07. The predicted octanol–water partition coefficient (Wildman–Crippen LogP) is 1.85. The van der Waals surface area contributed by atoms with Crippen LogP contribution in [-0.2, 0) is 15.3 Å². The molecule has 1 aliphatic heterocycles. The molecule has 0 amide bonds. The average molecular weight is 209 g/mol. The van der Waals surface area contributed by atoms with Crippen molar-refractivity contribution in [1.29, 1.82) is 0 Å². The summed E-state index contributed by atoms with van der Waals surface area (Å²) in [4.78, 5) is 15.8. The zero-order valence-corrected chi connectivity index (χ0v) is 8.93. The molecule has 4 heteroatoms. The Labute approximate surface area is 86.9 Å². The lowest BCUT2D eigenvalue weighted by atomic mass is 10.1. The number of esters is 1. The van der Waals surface area contributed by atoms with Gasteiger partial charge in [0, 0.05) is 11.4 Å². The first-order valence-electron chi connectivity index (χ1n) is 4.38. The summed E-state index contributed by atoms with van der Waals surface area (Å²) in [5.41, 5.74) is 2.97. The molecule has 0 spiro atoms. The Balaban J connectivity index is 2.38. The van der Waals surface area contributed by atoms with Crippen molar-refractivity contribution in [3.63, 3.8) is 0 Å². The van der Waals surface area contributed by atoms with Crippen molar-refractivity contribution in [2.45, 2.75) is 17.9 Å². The van der Waals surface area contributed by atoms with Crippen LogP contribution in [0.5, 0.6) is 0 Å². The second-order valence-corrected chi connectivity index (χ2v) is 4.30. The van der Waals surface area contributed by atoms with Gasteiger partial charge in [0.25, 0.3) is 0 Å². The molecule has 0 fully saturated rings. The molecule has 1 atom stereocenters. The van der Waals surface area contributed by atoms with Crippen LogP contribution in [0.2, 0.25) is 0 Å². The first-order chi connectivity index (χ1) is 6.72. The second kappa shape index (κ2) is 3.61. The number of hydrogen-bond donors (Lipinski definition) is 0. The van der Waals surface area contributed by atoms with Crippen molar-refractivity contribution in [3.8, 4) is 0 Å². The van der Waals surface area contributed by atoms with E-state index in [1.165, 1.54) is 7.11 Å². The van der Waals surface area contributed by atoms with Gasteiger partial charge in [0.15, 0.2) is 0 Å². The lowest BCUT2D eigenvalue weighted by Crippen LogP contribution is -2.10. The molecule has 0 aliphatic carbocycles. The van der Waals surface area contributed by atoms with Crippen LogP contribution in [0.3, 0.4) is 0 Å². The average Bonchev–Trinajstić information content (AvgIpc) is 2.59. The van der Waals surface area contributed by atoms with E-state index >= 15 is 0 Å². The van der Waals surface area contributed by atoms with Crippen LogP contribution in [0, 0.1) is 6.92 Å². The van der Waals surface area contributed by atoms with Gasteiger partial charge in [-0.05, 0) is 18.6 Å². The van der Waals surface area contributed by atoms with Crippen molar-refractivity contribution < 1.29 is 9.53 Å². The number of rotatable bonds is 1. The van der Waals surface area contributed by atoms with Crippen molar-refractivity contribution in [3.05, 3.63) is 29.1 Å². The maximum Gasteiger partial charge on any atom is 0.324 e. The molecule has 0 radical (unpaired) electrons. The van der Waals surface area contributed by atoms with Gasteiger partial charge in [-0.25, -0.2) is 0 Å². The van der Waals surface area contributed by atoms with Crippen LogP contribution in [-0.4, -0.2) is 18.1 Å². The molecule has 1 aliphatic rings. The van der Waals surface area contributed by atoms with E-state index in [9.17, 15) is 4.79 Å². The van der Waals surface area contributed by atoms with Crippen LogP contribution in [0.15, 0.2) is 12.1 Å². The molecule has 0 aromatic carbocycles. The van der Waals surface area contributed by atoms with E-state index in [0.717, 1.165) is 22.7 Å². The second-order valence-electron chi connectivity index (χ2n) is 3.21. The highest BCUT2D eigenvalue weighted by Crippen LogP contribution is 2.40. The molecule has 74 valence electrons. The van der Waals surface area contributed by atoms with Crippen molar-refractivity contribution >= 4 is 17.7 Å².